The van der Waals surface area contributed by atoms with E-state index in [-0.39, 0.29) is 17.1 Å². The molecule has 1 aliphatic carbocycles. The smallest absolute Gasteiger partial charge is 0.168 e. The molecule has 2 rings (SSSR count). The predicted molar refractivity (Wildman–Crippen MR) is 46.5 cm³/mol. The number of nitrogens with two attached hydrogens (primary N) is 1. The van der Waals surface area contributed by atoms with E-state index in [0.29, 0.717) is 5.92 Å². The Hall–Kier alpha value is -0.280. The first-order chi connectivity index (χ1) is 5.29. The summed E-state index contributed by atoms with van der Waals surface area (Å²) in [5, 5.41) is 0.176. The summed E-state index contributed by atoms with van der Waals surface area (Å²) in [4.78, 5) is 11.3. The minimum atomic E-state index is 0.118. The number of allylic oxidation sites excluding steroid dienone is 1. The molecule has 3 unspecified atom stereocenters. The van der Waals surface area contributed by atoms with Gasteiger partial charge in [0.15, 0.2) is 5.78 Å². The molecule has 2 nitrogen and oxygen atoms in total. The van der Waals surface area contributed by atoms with Crippen molar-refractivity contribution in [2.45, 2.75) is 17.7 Å². The lowest BCUT2D eigenvalue weighted by Gasteiger charge is -2.24. The lowest BCUT2D eigenvalue weighted by molar-refractivity contribution is -0.115. The molecular formula is C8H11NOS. The van der Waals surface area contributed by atoms with E-state index in [0.717, 1.165) is 12.2 Å². The molecule has 0 spiro atoms. The second-order valence-electron chi connectivity index (χ2n) is 3.08. The van der Waals surface area contributed by atoms with E-state index in [2.05, 4.69) is 0 Å². The van der Waals surface area contributed by atoms with Crippen LogP contribution < -0.4 is 5.73 Å². The zero-order valence-electron chi connectivity index (χ0n) is 6.19. The van der Waals surface area contributed by atoms with Gasteiger partial charge >= 0.3 is 0 Å². The fourth-order valence-corrected chi connectivity index (χ4v) is 3.21. The van der Waals surface area contributed by atoms with Crippen molar-refractivity contribution >= 4 is 17.5 Å². The molecule has 0 amide bonds. The van der Waals surface area contributed by atoms with E-state index in [4.69, 9.17) is 5.73 Å². The van der Waals surface area contributed by atoms with Gasteiger partial charge < -0.3 is 5.73 Å². The van der Waals surface area contributed by atoms with Crippen LogP contribution in [0.4, 0.5) is 0 Å². The van der Waals surface area contributed by atoms with Crippen LogP contribution in [0.3, 0.4) is 0 Å². The lowest BCUT2D eigenvalue weighted by Crippen LogP contribution is -2.39. The Morgan fingerprint density at radius 2 is 2.45 bits per heavy atom. The highest BCUT2D eigenvalue weighted by molar-refractivity contribution is 8.00. The normalized spacial score (nSPS) is 42.6. The van der Waals surface area contributed by atoms with E-state index in [1.165, 1.54) is 0 Å². The number of carbonyl (C=O) groups is 1. The summed E-state index contributed by atoms with van der Waals surface area (Å²) in [6.07, 6.45) is 4.59. The van der Waals surface area contributed by atoms with Crippen molar-refractivity contribution < 1.29 is 4.79 Å². The molecule has 3 heteroatoms. The maximum atomic E-state index is 11.3. The Bertz CT molecular complexity index is 214. The molecule has 0 aromatic heterocycles. The Balaban J connectivity index is 2.25. The van der Waals surface area contributed by atoms with E-state index >= 15 is 0 Å². The van der Waals surface area contributed by atoms with Gasteiger partial charge in [-0.2, -0.15) is 0 Å². The van der Waals surface area contributed by atoms with Crippen LogP contribution >= 0.6 is 11.8 Å². The van der Waals surface area contributed by atoms with Crippen LogP contribution in [-0.2, 0) is 4.79 Å². The van der Waals surface area contributed by atoms with Crippen molar-refractivity contribution in [3.8, 4) is 0 Å². The van der Waals surface area contributed by atoms with Gasteiger partial charge in [0.1, 0.15) is 0 Å². The van der Waals surface area contributed by atoms with Crippen molar-refractivity contribution in [1.29, 1.82) is 0 Å². The van der Waals surface area contributed by atoms with Gasteiger partial charge in [0.2, 0.25) is 0 Å². The van der Waals surface area contributed by atoms with Gasteiger partial charge in [-0.15, -0.1) is 11.8 Å². The number of thioether (sulfide) groups is 1. The van der Waals surface area contributed by atoms with Crippen molar-refractivity contribution in [2.24, 2.45) is 11.7 Å². The SMILES string of the molecule is NC1C=CC(=O)C2SCCC12. The van der Waals surface area contributed by atoms with Gasteiger partial charge in [0, 0.05) is 6.04 Å². The fraction of sp³-hybridized carbons (Fsp3) is 0.625. The average molecular weight is 169 g/mol. The van der Waals surface area contributed by atoms with Gasteiger partial charge in [0.05, 0.1) is 5.25 Å². The number of rotatable bonds is 0. The van der Waals surface area contributed by atoms with Crippen molar-refractivity contribution in [1.82, 2.24) is 0 Å². The van der Waals surface area contributed by atoms with E-state index in [1.807, 2.05) is 6.08 Å². The van der Waals surface area contributed by atoms with Crippen LogP contribution in [0.5, 0.6) is 0 Å². The molecule has 0 aromatic carbocycles. The van der Waals surface area contributed by atoms with E-state index in [1.54, 1.807) is 17.8 Å². The fourth-order valence-electron chi connectivity index (χ4n) is 1.74. The first-order valence-corrected chi connectivity index (χ1v) is 4.93. The molecule has 1 heterocycles. The quantitative estimate of drug-likeness (QED) is 0.576. The molecule has 3 atom stereocenters. The third-order valence-corrected chi connectivity index (χ3v) is 3.81. The van der Waals surface area contributed by atoms with Crippen molar-refractivity contribution in [3.05, 3.63) is 12.2 Å². The maximum absolute atomic E-state index is 11.3. The summed E-state index contributed by atoms with van der Waals surface area (Å²) >= 11 is 1.76. The summed E-state index contributed by atoms with van der Waals surface area (Å²) in [6.45, 7) is 0. The first-order valence-electron chi connectivity index (χ1n) is 3.88. The van der Waals surface area contributed by atoms with E-state index < -0.39 is 0 Å². The predicted octanol–water partition coefficient (Wildman–Crippen LogP) is 0.574. The molecule has 1 fully saturated rings. The zero-order chi connectivity index (χ0) is 7.84. The van der Waals surface area contributed by atoms with Crippen molar-refractivity contribution in [2.75, 3.05) is 5.75 Å². The number of fused-ring (bicyclic) bond motifs is 1. The summed E-state index contributed by atoms with van der Waals surface area (Å²) in [6, 6.07) is 0.118. The minimum Gasteiger partial charge on any atom is -0.324 e. The van der Waals surface area contributed by atoms with Crippen LogP contribution in [0, 0.1) is 5.92 Å². The number of ketones is 1. The Labute approximate surface area is 70.2 Å². The van der Waals surface area contributed by atoms with Gasteiger partial charge in [-0.1, -0.05) is 6.08 Å². The second-order valence-corrected chi connectivity index (χ2v) is 4.33. The molecule has 2 N–H and O–H groups in total. The van der Waals surface area contributed by atoms with E-state index in [9.17, 15) is 4.79 Å². The molecular weight excluding hydrogens is 158 g/mol. The highest BCUT2D eigenvalue weighted by Crippen LogP contribution is 2.37. The van der Waals surface area contributed by atoms with Crippen LogP contribution in [0.25, 0.3) is 0 Å². The summed E-state index contributed by atoms with van der Waals surface area (Å²) in [5.41, 5.74) is 5.83. The molecule has 60 valence electrons. The van der Waals surface area contributed by atoms with Crippen LogP contribution in [0.15, 0.2) is 12.2 Å². The van der Waals surface area contributed by atoms with Crippen LogP contribution in [0.1, 0.15) is 6.42 Å². The molecule has 0 bridgehead atoms. The van der Waals surface area contributed by atoms with Crippen LogP contribution in [0.2, 0.25) is 0 Å². The molecule has 1 saturated heterocycles. The van der Waals surface area contributed by atoms with Crippen LogP contribution in [-0.4, -0.2) is 22.8 Å². The average Bonchev–Trinajstić information content (AvgIpc) is 2.45. The van der Waals surface area contributed by atoms with Gasteiger partial charge in [-0.25, -0.2) is 0 Å². The molecule has 0 radical (unpaired) electrons. The summed E-state index contributed by atoms with van der Waals surface area (Å²) in [7, 11) is 0. The first kappa shape index (κ1) is 7.37. The molecule has 0 saturated carbocycles. The summed E-state index contributed by atoms with van der Waals surface area (Å²) in [5.74, 6) is 1.77. The third kappa shape index (κ3) is 1.12. The number of carbonyl (C=O) groups excluding carboxylic acids is 1. The highest BCUT2D eigenvalue weighted by atomic mass is 32.2. The molecule has 11 heavy (non-hydrogen) atoms. The number of hydrogen-bond donors (Lipinski definition) is 1. The molecule has 1 aliphatic heterocycles. The lowest BCUT2D eigenvalue weighted by atomic mass is 9.87. The highest BCUT2D eigenvalue weighted by Gasteiger charge is 2.37. The monoisotopic (exact) mass is 169 g/mol. The Kier molecular flexibility index (Phi) is 1.77. The van der Waals surface area contributed by atoms with Gasteiger partial charge in [-0.05, 0) is 24.2 Å². The molecule has 0 aromatic rings. The van der Waals surface area contributed by atoms with Gasteiger partial charge in [0.25, 0.3) is 0 Å². The third-order valence-electron chi connectivity index (χ3n) is 2.39. The Morgan fingerprint density at radius 1 is 1.64 bits per heavy atom. The van der Waals surface area contributed by atoms with Gasteiger partial charge in [-0.3, -0.25) is 4.79 Å². The standard InChI is InChI=1S/C8H11NOS/c9-6-1-2-7(10)8-5(6)3-4-11-8/h1-2,5-6,8H,3-4,9H2. The maximum Gasteiger partial charge on any atom is 0.168 e. The second kappa shape index (κ2) is 2.64. The Morgan fingerprint density at radius 3 is 3.18 bits per heavy atom. The largest absolute Gasteiger partial charge is 0.324 e. The molecule has 2 aliphatic rings. The number of hydrogen-bond acceptors (Lipinski definition) is 3. The zero-order valence-corrected chi connectivity index (χ0v) is 7.01. The summed E-state index contributed by atoms with van der Waals surface area (Å²) < 4.78 is 0. The minimum absolute atomic E-state index is 0.118. The topological polar surface area (TPSA) is 43.1 Å². The van der Waals surface area contributed by atoms with Crippen molar-refractivity contribution in [3.63, 3.8) is 0 Å².